The van der Waals surface area contributed by atoms with Gasteiger partial charge in [-0.3, -0.25) is 4.79 Å². The number of carbonyl (C=O) groups excluding carboxylic acids is 1. The van der Waals surface area contributed by atoms with Crippen LogP contribution in [0.3, 0.4) is 0 Å². The molecule has 3 heteroatoms. The summed E-state index contributed by atoms with van der Waals surface area (Å²) in [5.74, 6) is 0. The van der Waals surface area contributed by atoms with E-state index in [4.69, 9.17) is 5.26 Å². The molecule has 2 aromatic carbocycles. The van der Waals surface area contributed by atoms with Gasteiger partial charge in [0.15, 0.2) is 0 Å². The highest BCUT2D eigenvalue weighted by Gasteiger charge is 2.03. The van der Waals surface area contributed by atoms with Gasteiger partial charge < -0.3 is 4.90 Å². The van der Waals surface area contributed by atoms with Crippen molar-refractivity contribution >= 4 is 17.7 Å². The Bertz CT molecular complexity index is 579. The molecule has 0 amide bonds. The fourth-order valence-electron chi connectivity index (χ4n) is 1.69. The minimum absolute atomic E-state index is 0.642. The average Bonchev–Trinajstić information content (AvgIpc) is 2.47. The lowest BCUT2D eigenvalue weighted by Gasteiger charge is -2.19. The number of nitriles is 1. The number of anilines is 2. The minimum atomic E-state index is 0.642. The number of benzene rings is 2. The first kappa shape index (κ1) is 11.9. The lowest BCUT2D eigenvalue weighted by Crippen LogP contribution is -2.09. The van der Waals surface area contributed by atoms with Gasteiger partial charge in [0.2, 0.25) is 0 Å². The summed E-state index contributed by atoms with van der Waals surface area (Å²) in [7, 11) is 1.94. The first-order valence-corrected chi connectivity index (χ1v) is 5.54. The molecule has 0 aliphatic heterocycles. The first-order chi connectivity index (χ1) is 8.74. The van der Waals surface area contributed by atoms with Crippen LogP contribution in [0.4, 0.5) is 11.4 Å². The topological polar surface area (TPSA) is 44.1 Å². The van der Waals surface area contributed by atoms with Gasteiger partial charge in [-0.1, -0.05) is 0 Å². The Morgan fingerprint density at radius 1 is 1.00 bits per heavy atom. The quantitative estimate of drug-likeness (QED) is 0.769. The molecule has 0 aliphatic rings. The maximum atomic E-state index is 10.6. The molecule has 2 rings (SSSR count). The number of hydrogen-bond donors (Lipinski definition) is 0. The van der Waals surface area contributed by atoms with E-state index in [2.05, 4.69) is 6.07 Å². The van der Waals surface area contributed by atoms with Gasteiger partial charge in [0.25, 0.3) is 0 Å². The SMILES string of the molecule is CN(c1ccc(C#N)cc1)c1ccc(C=O)cc1. The van der Waals surface area contributed by atoms with E-state index in [1.165, 1.54) is 0 Å². The van der Waals surface area contributed by atoms with Crippen LogP contribution >= 0.6 is 0 Å². The summed E-state index contributed by atoms with van der Waals surface area (Å²) in [6.07, 6.45) is 0.825. The summed E-state index contributed by atoms with van der Waals surface area (Å²) in [4.78, 5) is 12.6. The van der Waals surface area contributed by atoms with E-state index in [1.54, 1.807) is 24.3 Å². The van der Waals surface area contributed by atoms with Gasteiger partial charge in [0, 0.05) is 24.0 Å². The Labute approximate surface area is 106 Å². The molecule has 2 aromatic rings. The predicted molar refractivity (Wildman–Crippen MR) is 71.0 cm³/mol. The second-order valence-corrected chi connectivity index (χ2v) is 3.93. The summed E-state index contributed by atoms with van der Waals surface area (Å²) in [5.41, 5.74) is 3.29. The smallest absolute Gasteiger partial charge is 0.150 e. The summed E-state index contributed by atoms with van der Waals surface area (Å²) in [5, 5.41) is 8.75. The Morgan fingerprint density at radius 2 is 1.50 bits per heavy atom. The molecule has 0 saturated carbocycles. The van der Waals surface area contributed by atoms with E-state index >= 15 is 0 Å². The highest BCUT2D eigenvalue weighted by Crippen LogP contribution is 2.23. The third-order valence-electron chi connectivity index (χ3n) is 2.80. The van der Waals surface area contributed by atoms with Crippen molar-refractivity contribution in [2.45, 2.75) is 0 Å². The number of carbonyl (C=O) groups is 1. The largest absolute Gasteiger partial charge is 0.345 e. The molecule has 0 radical (unpaired) electrons. The second-order valence-electron chi connectivity index (χ2n) is 3.93. The molecular weight excluding hydrogens is 224 g/mol. The Balaban J connectivity index is 2.26. The maximum Gasteiger partial charge on any atom is 0.150 e. The summed E-state index contributed by atoms with van der Waals surface area (Å²) >= 11 is 0. The third-order valence-corrected chi connectivity index (χ3v) is 2.80. The van der Waals surface area contributed by atoms with Crippen LogP contribution in [-0.4, -0.2) is 13.3 Å². The van der Waals surface area contributed by atoms with Crippen LogP contribution < -0.4 is 4.90 Å². The monoisotopic (exact) mass is 236 g/mol. The fraction of sp³-hybridized carbons (Fsp3) is 0.0667. The normalized spacial score (nSPS) is 9.56. The molecule has 88 valence electrons. The lowest BCUT2D eigenvalue weighted by molar-refractivity contribution is 0.112. The third kappa shape index (κ3) is 2.38. The van der Waals surface area contributed by atoms with Crippen molar-refractivity contribution in [3.05, 3.63) is 59.7 Å². The van der Waals surface area contributed by atoms with Crippen LogP contribution in [0.2, 0.25) is 0 Å². The molecule has 0 bridgehead atoms. The number of aldehydes is 1. The summed E-state index contributed by atoms with van der Waals surface area (Å²) in [6.45, 7) is 0. The van der Waals surface area contributed by atoms with Gasteiger partial charge in [-0.2, -0.15) is 5.26 Å². The van der Waals surface area contributed by atoms with E-state index in [0.717, 1.165) is 17.7 Å². The van der Waals surface area contributed by atoms with Gasteiger partial charge in [-0.25, -0.2) is 0 Å². The highest BCUT2D eigenvalue weighted by molar-refractivity contribution is 5.76. The highest BCUT2D eigenvalue weighted by atomic mass is 16.1. The maximum absolute atomic E-state index is 10.6. The van der Waals surface area contributed by atoms with Crippen molar-refractivity contribution in [3.63, 3.8) is 0 Å². The molecule has 0 heterocycles. The zero-order valence-corrected chi connectivity index (χ0v) is 10.00. The van der Waals surface area contributed by atoms with Gasteiger partial charge in [0.05, 0.1) is 11.6 Å². The van der Waals surface area contributed by atoms with Crippen molar-refractivity contribution in [3.8, 4) is 6.07 Å². The van der Waals surface area contributed by atoms with E-state index < -0.39 is 0 Å². The van der Waals surface area contributed by atoms with E-state index in [9.17, 15) is 4.79 Å². The summed E-state index contributed by atoms with van der Waals surface area (Å²) < 4.78 is 0. The minimum Gasteiger partial charge on any atom is -0.345 e. The molecular formula is C15H12N2O. The molecule has 0 aliphatic carbocycles. The molecule has 0 spiro atoms. The van der Waals surface area contributed by atoms with Crippen molar-refractivity contribution < 1.29 is 4.79 Å². The van der Waals surface area contributed by atoms with Crippen molar-refractivity contribution in [2.24, 2.45) is 0 Å². The zero-order valence-electron chi connectivity index (χ0n) is 10.00. The van der Waals surface area contributed by atoms with Crippen molar-refractivity contribution in [1.29, 1.82) is 5.26 Å². The molecule has 0 aromatic heterocycles. The first-order valence-electron chi connectivity index (χ1n) is 5.54. The molecule has 0 unspecified atom stereocenters. The number of nitrogens with zero attached hydrogens (tertiary/aromatic N) is 2. The van der Waals surface area contributed by atoms with Gasteiger partial charge >= 0.3 is 0 Å². The fourth-order valence-corrected chi connectivity index (χ4v) is 1.69. The molecule has 0 saturated heterocycles. The van der Waals surface area contributed by atoms with Crippen LogP contribution in [-0.2, 0) is 0 Å². The summed E-state index contributed by atoms with van der Waals surface area (Å²) in [6, 6.07) is 16.8. The second kappa shape index (κ2) is 5.15. The van der Waals surface area contributed by atoms with Crippen molar-refractivity contribution in [1.82, 2.24) is 0 Å². The number of rotatable bonds is 3. The van der Waals surface area contributed by atoms with Gasteiger partial charge in [-0.15, -0.1) is 0 Å². The zero-order chi connectivity index (χ0) is 13.0. The average molecular weight is 236 g/mol. The molecule has 0 atom stereocenters. The van der Waals surface area contributed by atoms with E-state index in [1.807, 2.05) is 36.2 Å². The standard InChI is InChI=1S/C15H12N2O/c1-17(14-6-2-12(10-16)3-7-14)15-8-4-13(11-18)5-9-15/h2-9,11H,1H3. The van der Waals surface area contributed by atoms with Crippen LogP contribution in [0.1, 0.15) is 15.9 Å². The Kier molecular flexibility index (Phi) is 3.40. The van der Waals surface area contributed by atoms with E-state index in [0.29, 0.717) is 11.1 Å². The molecule has 3 nitrogen and oxygen atoms in total. The van der Waals surface area contributed by atoms with Crippen LogP contribution in [0.5, 0.6) is 0 Å². The Morgan fingerprint density at radius 3 is 1.94 bits per heavy atom. The van der Waals surface area contributed by atoms with Crippen LogP contribution in [0.25, 0.3) is 0 Å². The van der Waals surface area contributed by atoms with Crippen LogP contribution in [0, 0.1) is 11.3 Å². The van der Waals surface area contributed by atoms with Crippen molar-refractivity contribution in [2.75, 3.05) is 11.9 Å². The van der Waals surface area contributed by atoms with Crippen LogP contribution in [0.15, 0.2) is 48.5 Å². The molecule has 0 N–H and O–H groups in total. The van der Waals surface area contributed by atoms with Gasteiger partial charge in [0.1, 0.15) is 6.29 Å². The predicted octanol–water partition coefficient (Wildman–Crippen LogP) is 3.14. The molecule has 18 heavy (non-hydrogen) atoms. The molecule has 0 fully saturated rings. The Hall–Kier alpha value is -2.60. The van der Waals surface area contributed by atoms with E-state index in [-0.39, 0.29) is 0 Å². The number of hydrogen-bond acceptors (Lipinski definition) is 3. The van der Waals surface area contributed by atoms with Gasteiger partial charge in [-0.05, 0) is 48.5 Å². The lowest BCUT2D eigenvalue weighted by atomic mass is 10.2.